The highest BCUT2D eigenvalue weighted by atomic mass is 32.2. The molecule has 0 aliphatic heterocycles. The summed E-state index contributed by atoms with van der Waals surface area (Å²) in [7, 11) is -3.68. The molecule has 0 aliphatic rings. The Morgan fingerprint density at radius 2 is 1.75 bits per heavy atom. The lowest BCUT2D eigenvalue weighted by Crippen LogP contribution is -2.48. The molecule has 2 aromatic rings. The minimum absolute atomic E-state index is 0.315. The Hall–Kier alpha value is -2.61. The van der Waals surface area contributed by atoms with E-state index in [9.17, 15) is 17.6 Å². The molecule has 28 heavy (non-hydrogen) atoms. The second-order valence-electron chi connectivity index (χ2n) is 6.33. The van der Waals surface area contributed by atoms with E-state index in [1.165, 1.54) is 19.1 Å². The van der Waals surface area contributed by atoms with Gasteiger partial charge in [0.25, 0.3) is 0 Å². The molecule has 0 saturated carbocycles. The van der Waals surface area contributed by atoms with Crippen molar-refractivity contribution in [3.8, 4) is 5.75 Å². The standard InChI is InChI=1S/C20H25FN2O4S/c1-4-27-19-11-9-18(10-12-19)23(28(3,25)26)15(2)20(24)22-14-13-16-5-7-17(21)8-6-16/h5-12,15H,4,13-14H2,1-3H3,(H,22,24)/t15-/m0/s1. The number of benzene rings is 2. The molecule has 1 amide bonds. The van der Waals surface area contributed by atoms with Gasteiger partial charge in [-0.2, -0.15) is 0 Å². The van der Waals surface area contributed by atoms with E-state index in [0.29, 0.717) is 31.0 Å². The molecule has 0 radical (unpaired) electrons. The molecule has 1 atom stereocenters. The molecule has 152 valence electrons. The van der Waals surface area contributed by atoms with Gasteiger partial charge in [0.1, 0.15) is 17.6 Å². The van der Waals surface area contributed by atoms with Gasteiger partial charge in [0, 0.05) is 6.54 Å². The first kappa shape index (κ1) is 21.7. The summed E-state index contributed by atoms with van der Waals surface area (Å²) in [5.74, 6) is -0.113. The van der Waals surface area contributed by atoms with Crippen molar-refractivity contribution in [3.63, 3.8) is 0 Å². The summed E-state index contributed by atoms with van der Waals surface area (Å²) in [6, 6.07) is 11.6. The van der Waals surface area contributed by atoms with E-state index in [-0.39, 0.29) is 5.82 Å². The SMILES string of the molecule is CCOc1ccc(N([C@@H](C)C(=O)NCCc2ccc(F)cc2)S(C)(=O)=O)cc1. The van der Waals surface area contributed by atoms with Gasteiger partial charge in [-0.15, -0.1) is 0 Å². The minimum atomic E-state index is -3.68. The Morgan fingerprint density at radius 1 is 1.14 bits per heavy atom. The Kier molecular flexibility index (Phi) is 7.39. The van der Waals surface area contributed by atoms with Crippen molar-refractivity contribution in [1.29, 1.82) is 0 Å². The first-order valence-electron chi connectivity index (χ1n) is 8.96. The van der Waals surface area contributed by atoms with Crippen LogP contribution >= 0.6 is 0 Å². The third kappa shape index (κ3) is 5.95. The van der Waals surface area contributed by atoms with Gasteiger partial charge in [0.05, 0.1) is 18.6 Å². The van der Waals surface area contributed by atoms with Crippen LogP contribution in [0, 0.1) is 5.82 Å². The molecule has 6 nitrogen and oxygen atoms in total. The molecule has 0 fully saturated rings. The first-order chi connectivity index (χ1) is 13.2. The molecule has 0 unspecified atom stereocenters. The van der Waals surface area contributed by atoms with E-state index in [0.717, 1.165) is 16.1 Å². The van der Waals surface area contributed by atoms with Crippen LogP contribution in [0.15, 0.2) is 48.5 Å². The van der Waals surface area contributed by atoms with Crippen LogP contribution in [0.25, 0.3) is 0 Å². The molecule has 0 aromatic heterocycles. The van der Waals surface area contributed by atoms with Gasteiger partial charge in [-0.05, 0) is 62.2 Å². The first-order valence-corrected chi connectivity index (χ1v) is 10.8. The van der Waals surface area contributed by atoms with Crippen molar-refractivity contribution in [1.82, 2.24) is 5.32 Å². The molecule has 0 bridgehead atoms. The van der Waals surface area contributed by atoms with Crippen LogP contribution in [0.3, 0.4) is 0 Å². The molecule has 2 rings (SSSR count). The number of rotatable bonds is 9. The average Bonchev–Trinajstić information content (AvgIpc) is 2.64. The number of anilines is 1. The maximum absolute atomic E-state index is 12.9. The Labute approximate surface area is 165 Å². The molecule has 1 N–H and O–H groups in total. The molecular formula is C20H25FN2O4S. The van der Waals surface area contributed by atoms with Crippen molar-refractivity contribution in [3.05, 3.63) is 59.9 Å². The van der Waals surface area contributed by atoms with Crippen LogP contribution in [-0.2, 0) is 21.2 Å². The number of halogens is 1. The molecular weight excluding hydrogens is 383 g/mol. The van der Waals surface area contributed by atoms with Gasteiger partial charge in [0.15, 0.2) is 0 Å². The number of carbonyl (C=O) groups is 1. The topological polar surface area (TPSA) is 75.7 Å². The highest BCUT2D eigenvalue weighted by Crippen LogP contribution is 2.24. The van der Waals surface area contributed by atoms with Crippen molar-refractivity contribution in [2.75, 3.05) is 23.7 Å². The van der Waals surface area contributed by atoms with E-state index >= 15 is 0 Å². The number of hydrogen-bond acceptors (Lipinski definition) is 4. The average molecular weight is 408 g/mol. The van der Waals surface area contributed by atoms with E-state index in [4.69, 9.17) is 4.74 Å². The van der Waals surface area contributed by atoms with Crippen molar-refractivity contribution < 1.29 is 22.3 Å². The fourth-order valence-corrected chi connectivity index (χ4v) is 3.97. The number of nitrogens with zero attached hydrogens (tertiary/aromatic N) is 1. The van der Waals surface area contributed by atoms with Crippen LogP contribution in [0.2, 0.25) is 0 Å². The van der Waals surface area contributed by atoms with Crippen molar-refractivity contribution in [2.45, 2.75) is 26.3 Å². The summed E-state index contributed by atoms with van der Waals surface area (Å²) in [6.07, 6.45) is 1.58. The smallest absolute Gasteiger partial charge is 0.243 e. The van der Waals surface area contributed by atoms with Crippen LogP contribution < -0.4 is 14.4 Å². The van der Waals surface area contributed by atoms with Gasteiger partial charge < -0.3 is 10.1 Å². The maximum Gasteiger partial charge on any atom is 0.243 e. The lowest BCUT2D eigenvalue weighted by atomic mass is 10.1. The molecule has 0 aliphatic carbocycles. The summed E-state index contributed by atoms with van der Waals surface area (Å²) < 4.78 is 44.0. The van der Waals surface area contributed by atoms with Gasteiger partial charge in [0.2, 0.25) is 15.9 Å². The van der Waals surface area contributed by atoms with E-state index in [2.05, 4.69) is 5.32 Å². The Morgan fingerprint density at radius 3 is 2.29 bits per heavy atom. The molecule has 2 aromatic carbocycles. The maximum atomic E-state index is 12.9. The van der Waals surface area contributed by atoms with Crippen LogP contribution in [0.1, 0.15) is 19.4 Å². The van der Waals surface area contributed by atoms with Gasteiger partial charge >= 0.3 is 0 Å². The number of hydrogen-bond donors (Lipinski definition) is 1. The molecule has 0 spiro atoms. The summed E-state index contributed by atoms with van der Waals surface area (Å²) in [4.78, 5) is 12.5. The predicted molar refractivity (Wildman–Crippen MR) is 108 cm³/mol. The van der Waals surface area contributed by atoms with Crippen LogP contribution in [0.5, 0.6) is 5.75 Å². The quantitative estimate of drug-likeness (QED) is 0.692. The van der Waals surface area contributed by atoms with Gasteiger partial charge in [-0.25, -0.2) is 12.8 Å². The second kappa shape index (κ2) is 9.54. The summed E-state index contributed by atoms with van der Waals surface area (Å²) >= 11 is 0. The molecule has 0 saturated heterocycles. The zero-order chi connectivity index (χ0) is 20.7. The number of ether oxygens (including phenoxy) is 1. The van der Waals surface area contributed by atoms with Crippen molar-refractivity contribution in [2.24, 2.45) is 0 Å². The highest BCUT2D eigenvalue weighted by Gasteiger charge is 2.28. The summed E-state index contributed by atoms with van der Waals surface area (Å²) in [6.45, 7) is 4.21. The number of carbonyl (C=O) groups excluding carboxylic acids is 1. The van der Waals surface area contributed by atoms with Crippen LogP contribution in [-0.4, -0.2) is 39.8 Å². The van der Waals surface area contributed by atoms with Gasteiger partial charge in [-0.1, -0.05) is 12.1 Å². The molecule has 8 heteroatoms. The number of sulfonamides is 1. The van der Waals surface area contributed by atoms with E-state index < -0.39 is 22.0 Å². The summed E-state index contributed by atoms with van der Waals surface area (Å²) in [5.41, 5.74) is 1.26. The third-order valence-corrected chi connectivity index (χ3v) is 5.36. The lowest BCUT2D eigenvalue weighted by molar-refractivity contribution is -0.121. The normalized spacial score (nSPS) is 12.3. The second-order valence-corrected chi connectivity index (χ2v) is 8.19. The zero-order valence-electron chi connectivity index (χ0n) is 16.2. The highest BCUT2D eigenvalue weighted by molar-refractivity contribution is 7.92. The lowest BCUT2D eigenvalue weighted by Gasteiger charge is -2.28. The largest absolute Gasteiger partial charge is 0.494 e. The monoisotopic (exact) mass is 408 g/mol. The predicted octanol–water partition coefficient (Wildman–Crippen LogP) is 2.74. The summed E-state index contributed by atoms with van der Waals surface area (Å²) in [5, 5.41) is 2.74. The fraction of sp³-hybridized carbons (Fsp3) is 0.350. The van der Waals surface area contributed by atoms with E-state index in [1.54, 1.807) is 36.4 Å². The van der Waals surface area contributed by atoms with E-state index in [1.807, 2.05) is 6.92 Å². The minimum Gasteiger partial charge on any atom is -0.494 e. The zero-order valence-corrected chi connectivity index (χ0v) is 17.0. The Bertz CT molecular complexity index is 883. The molecule has 0 heterocycles. The Balaban J connectivity index is 2.06. The fourth-order valence-electron chi connectivity index (χ4n) is 2.79. The van der Waals surface area contributed by atoms with Gasteiger partial charge in [-0.3, -0.25) is 9.10 Å². The number of nitrogens with one attached hydrogen (secondary N) is 1. The van der Waals surface area contributed by atoms with Crippen LogP contribution in [0.4, 0.5) is 10.1 Å². The number of amides is 1. The van der Waals surface area contributed by atoms with Crippen molar-refractivity contribution >= 4 is 21.6 Å². The third-order valence-electron chi connectivity index (χ3n) is 4.12.